The van der Waals surface area contributed by atoms with Gasteiger partial charge in [0, 0.05) is 13.1 Å². The Morgan fingerprint density at radius 2 is 2.00 bits per heavy atom. The summed E-state index contributed by atoms with van der Waals surface area (Å²) < 4.78 is 0. The Labute approximate surface area is 68.7 Å². The first-order valence-corrected chi connectivity index (χ1v) is 3.47. The highest BCUT2D eigenvalue weighted by Crippen LogP contribution is 1.98. The summed E-state index contributed by atoms with van der Waals surface area (Å²) >= 11 is 0. The third-order valence-electron chi connectivity index (χ3n) is 1.26. The first-order chi connectivity index (χ1) is 5.26. The second kappa shape index (κ2) is 5.89. The lowest BCUT2D eigenvalue weighted by Gasteiger charge is -2.22. The molecule has 0 bridgehead atoms. The van der Waals surface area contributed by atoms with Crippen molar-refractivity contribution < 1.29 is 0 Å². The molecule has 11 heavy (non-hydrogen) atoms. The van der Waals surface area contributed by atoms with Crippen LogP contribution in [0, 0.1) is 6.54 Å². The van der Waals surface area contributed by atoms with Crippen LogP contribution >= 0.6 is 0 Å². The first-order valence-electron chi connectivity index (χ1n) is 3.47. The van der Waals surface area contributed by atoms with Crippen LogP contribution in [0.1, 0.15) is 0 Å². The number of nitrogens with two attached hydrogens (primary N) is 1. The SMILES string of the molecule is C=C[CH]N(CC=C)C(N)C=C. The monoisotopic (exact) mass is 151 g/mol. The van der Waals surface area contributed by atoms with Gasteiger partial charge in [-0.25, -0.2) is 0 Å². The molecule has 0 aliphatic carbocycles. The van der Waals surface area contributed by atoms with Gasteiger partial charge in [0.1, 0.15) is 0 Å². The van der Waals surface area contributed by atoms with Crippen molar-refractivity contribution in [3.05, 3.63) is 44.5 Å². The Morgan fingerprint density at radius 3 is 2.36 bits per heavy atom. The highest BCUT2D eigenvalue weighted by Gasteiger charge is 2.06. The van der Waals surface area contributed by atoms with Crippen LogP contribution < -0.4 is 5.73 Å². The van der Waals surface area contributed by atoms with Crippen LogP contribution in [-0.2, 0) is 0 Å². The fraction of sp³-hybridized carbons (Fsp3) is 0.222. The molecule has 1 atom stereocenters. The van der Waals surface area contributed by atoms with E-state index in [1.165, 1.54) is 0 Å². The van der Waals surface area contributed by atoms with Gasteiger partial charge in [0.25, 0.3) is 0 Å². The molecular formula is C9H15N2. The molecule has 0 saturated heterocycles. The summed E-state index contributed by atoms with van der Waals surface area (Å²) in [7, 11) is 0. The summed E-state index contributed by atoms with van der Waals surface area (Å²) in [4.78, 5) is 1.88. The number of hydrogen-bond acceptors (Lipinski definition) is 2. The molecule has 0 aliphatic rings. The number of rotatable bonds is 6. The predicted molar refractivity (Wildman–Crippen MR) is 49.6 cm³/mol. The molecule has 0 aromatic heterocycles. The number of nitrogens with zero attached hydrogens (tertiary/aromatic N) is 1. The maximum atomic E-state index is 5.67. The summed E-state index contributed by atoms with van der Waals surface area (Å²) in [6.07, 6.45) is 4.98. The fourth-order valence-electron chi connectivity index (χ4n) is 0.702. The van der Waals surface area contributed by atoms with Gasteiger partial charge >= 0.3 is 0 Å². The van der Waals surface area contributed by atoms with Crippen LogP contribution in [0.15, 0.2) is 38.0 Å². The maximum Gasteiger partial charge on any atom is 0.0769 e. The van der Waals surface area contributed by atoms with Crippen molar-refractivity contribution in [1.29, 1.82) is 0 Å². The largest absolute Gasteiger partial charge is 0.312 e. The van der Waals surface area contributed by atoms with Gasteiger partial charge in [0.2, 0.25) is 0 Å². The molecule has 0 rings (SSSR count). The van der Waals surface area contributed by atoms with Crippen molar-refractivity contribution in [2.24, 2.45) is 5.73 Å². The lowest BCUT2D eigenvalue weighted by atomic mass is 10.3. The van der Waals surface area contributed by atoms with Gasteiger partial charge in [-0.2, -0.15) is 0 Å². The summed E-state index contributed by atoms with van der Waals surface area (Å²) in [5.41, 5.74) is 5.67. The van der Waals surface area contributed by atoms with Crippen molar-refractivity contribution in [2.75, 3.05) is 6.54 Å². The fourth-order valence-corrected chi connectivity index (χ4v) is 0.702. The van der Waals surface area contributed by atoms with E-state index in [1.54, 1.807) is 18.2 Å². The predicted octanol–water partition coefficient (Wildman–Crippen LogP) is 1.29. The van der Waals surface area contributed by atoms with Gasteiger partial charge in [0.05, 0.1) is 6.17 Å². The van der Waals surface area contributed by atoms with Crippen molar-refractivity contribution >= 4 is 0 Å². The standard InChI is InChI=1S/C9H15N2/c1-4-7-11(8-5-2)9(10)6-3/h4-7,9H,1-3,8,10H2. The van der Waals surface area contributed by atoms with Crippen molar-refractivity contribution in [1.82, 2.24) is 4.90 Å². The molecule has 0 heterocycles. The van der Waals surface area contributed by atoms with E-state index in [2.05, 4.69) is 19.7 Å². The van der Waals surface area contributed by atoms with Crippen LogP contribution in [-0.4, -0.2) is 17.6 Å². The zero-order valence-corrected chi connectivity index (χ0v) is 6.74. The second-order valence-corrected chi connectivity index (χ2v) is 2.10. The van der Waals surface area contributed by atoms with Crippen molar-refractivity contribution in [2.45, 2.75) is 6.17 Å². The zero-order valence-electron chi connectivity index (χ0n) is 6.74. The Bertz CT molecular complexity index is 130. The molecule has 0 aromatic carbocycles. The molecule has 61 valence electrons. The van der Waals surface area contributed by atoms with E-state index in [9.17, 15) is 0 Å². The molecular weight excluding hydrogens is 136 g/mol. The number of hydrogen-bond donors (Lipinski definition) is 1. The zero-order chi connectivity index (χ0) is 8.69. The summed E-state index contributed by atoms with van der Waals surface area (Å²) in [6, 6.07) is 0. The summed E-state index contributed by atoms with van der Waals surface area (Å²) in [6.45, 7) is 13.3. The first kappa shape index (κ1) is 10.1. The van der Waals surface area contributed by atoms with Crippen LogP contribution in [0.2, 0.25) is 0 Å². The average Bonchev–Trinajstić information content (AvgIpc) is 2.03. The maximum absolute atomic E-state index is 5.67. The Hall–Kier alpha value is -0.860. The van der Waals surface area contributed by atoms with E-state index in [-0.39, 0.29) is 6.17 Å². The third kappa shape index (κ3) is 3.75. The van der Waals surface area contributed by atoms with E-state index in [4.69, 9.17) is 5.73 Å². The summed E-state index contributed by atoms with van der Waals surface area (Å²) in [5, 5.41) is 0. The lowest BCUT2D eigenvalue weighted by Crippen LogP contribution is -2.38. The minimum Gasteiger partial charge on any atom is -0.312 e. The molecule has 2 heteroatoms. The smallest absolute Gasteiger partial charge is 0.0769 e. The molecule has 2 nitrogen and oxygen atoms in total. The Balaban J connectivity index is 3.94. The van der Waals surface area contributed by atoms with Gasteiger partial charge in [-0.3, -0.25) is 4.90 Å². The normalized spacial score (nSPS) is 12.5. The van der Waals surface area contributed by atoms with Gasteiger partial charge in [0.15, 0.2) is 0 Å². The summed E-state index contributed by atoms with van der Waals surface area (Å²) in [5.74, 6) is 0. The van der Waals surface area contributed by atoms with Crippen molar-refractivity contribution in [3.8, 4) is 0 Å². The van der Waals surface area contributed by atoms with E-state index in [1.807, 2.05) is 11.4 Å². The second-order valence-electron chi connectivity index (χ2n) is 2.10. The van der Waals surface area contributed by atoms with Crippen molar-refractivity contribution in [3.63, 3.8) is 0 Å². The molecule has 0 amide bonds. The van der Waals surface area contributed by atoms with E-state index in [0.717, 1.165) is 0 Å². The van der Waals surface area contributed by atoms with Crippen LogP contribution in [0.4, 0.5) is 0 Å². The topological polar surface area (TPSA) is 29.3 Å². The van der Waals surface area contributed by atoms with Gasteiger partial charge in [-0.05, 0) is 0 Å². The Kier molecular flexibility index (Phi) is 5.43. The molecule has 0 aliphatic heterocycles. The average molecular weight is 151 g/mol. The van der Waals surface area contributed by atoms with E-state index < -0.39 is 0 Å². The highest BCUT2D eigenvalue weighted by molar-refractivity contribution is 4.96. The highest BCUT2D eigenvalue weighted by atomic mass is 15.2. The minimum absolute atomic E-state index is 0.161. The molecule has 0 saturated carbocycles. The lowest BCUT2D eigenvalue weighted by molar-refractivity contribution is 0.331. The molecule has 2 N–H and O–H groups in total. The van der Waals surface area contributed by atoms with Gasteiger partial charge in [-0.15, -0.1) is 19.7 Å². The molecule has 1 unspecified atom stereocenters. The minimum atomic E-state index is -0.161. The van der Waals surface area contributed by atoms with E-state index >= 15 is 0 Å². The molecule has 1 radical (unpaired) electrons. The molecule has 0 fully saturated rings. The molecule has 0 spiro atoms. The Morgan fingerprint density at radius 1 is 1.36 bits per heavy atom. The van der Waals surface area contributed by atoms with Crippen LogP contribution in [0.5, 0.6) is 0 Å². The van der Waals surface area contributed by atoms with Gasteiger partial charge < -0.3 is 5.73 Å². The molecule has 0 aromatic rings. The quantitative estimate of drug-likeness (QED) is 0.458. The van der Waals surface area contributed by atoms with Crippen LogP contribution in [0.3, 0.4) is 0 Å². The van der Waals surface area contributed by atoms with E-state index in [0.29, 0.717) is 6.54 Å². The van der Waals surface area contributed by atoms with Crippen LogP contribution in [0.25, 0.3) is 0 Å². The third-order valence-corrected chi connectivity index (χ3v) is 1.26. The van der Waals surface area contributed by atoms with Gasteiger partial charge in [-0.1, -0.05) is 18.2 Å².